The van der Waals surface area contributed by atoms with Crippen LogP contribution in [0.5, 0.6) is 0 Å². The lowest BCUT2D eigenvalue weighted by Gasteiger charge is -2.29. The zero-order chi connectivity index (χ0) is 22.1. The summed E-state index contributed by atoms with van der Waals surface area (Å²) < 4.78 is 4.47. The topological polar surface area (TPSA) is 97.7 Å². The average molecular weight is 422 g/mol. The van der Waals surface area contributed by atoms with Crippen LogP contribution >= 0.6 is 0 Å². The number of rotatable bonds is 6. The third-order valence-electron chi connectivity index (χ3n) is 5.58. The first-order chi connectivity index (χ1) is 14.9. The Morgan fingerprint density at radius 2 is 1.94 bits per heavy atom. The standard InChI is InChI=1S/C22H26N6O3/c1-15-16(2)28-18-19(23-21(28)27(24-15)13-8-14-29)25(3)22(31)26(20(18)30)12-7-11-17-9-5-4-6-10-17/h4-7,9-11,16,29H,8,12-14H2,1-3H3/b11-7+. The number of imidazole rings is 1. The van der Waals surface area contributed by atoms with E-state index in [1.54, 1.807) is 18.1 Å². The van der Waals surface area contributed by atoms with Gasteiger partial charge in [-0.3, -0.25) is 18.5 Å². The summed E-state index contributed by atoms with van der Waals surface area (Å²) in [6.45, 7) is 4.50. The van der Waals surface area contributed by atoms with Crippen LogP contribution in [0, 0.1) is 0 Å². The van der Waals surface area contributed by atoms with Gasteiger partial charge in [-0.2, -0.15) is 10.1 Å². The lowest BCUT2D eigenvalue weighted by Crippen LogP contribution is -2.40. The summed E-state index contributed by atoms with van der Waals surface area (Å²) in [5, 5.41) is 15.5. The van der Waals surface area contributed by atoms with E-state index < -0.39 is 5.69 Å². The number of aliphatic hydroxyl groups is 1. The van der Waals surface area contributed by atoms with E-state index in [0.29, 0.717) is 30.1 Å². The Balaban J connectivity index is 1.84. The maximum absolute atomic E-state index is 13.4. The van der Waals surface area contributed by atoms with E-state index in [1.165, 1.54) is 9.13 Å². The van der Waals surface area contributed by atoms with Crippen molar-refractivity contribution in [3.8, 4) is 0 Å². The van der Waals surface area contributed by atoms with E-state index in [1.807, 2.05) is 54.8 Å². The molecule has 4 rings (SSSR count). The van der Waals surface area contributed by atoms with E-state index in [4.69, 9.17) is 0 Å². The van der Waals surface area contributed by atoms with Gasteiger partial charge in [0.05, 0.1) is 11.8 Å². The summed E-state index contributed by atoms with van der Waals surface area (Å²) >= 11 is 0. The van der Waals surface area contributed by atoms with Crippen LogP contribution in [-0.2, 0) is 13.6 Å². The van der Waals surface area contributed by atoms with Gasteiger partial charge in [-0.1, -0.05) is 42.5 Å². The van der Waals surface area contributed by atoms with Crippen molar-refractivity contribution in [2.45, 2.75) is 32.9 Å². The van der Waals surface area contributed by atoms with Crippen LogP contribution in [0.15, 0.2) is 51.1 Å². The van der Waals surface area contributed by atoms with E-state index in [0.717, 1.165) is 11.3 Å². The van der Waals surface area contributed by atoms with Gasteiger partial charge in [-0.05, 0) is 25.8 Å². The van der Waals surface area contributed by atoms with Crippen LogP contribution in [-0.4, -0.2) is 42.7 Å². The molecule has 0 saturated heterocycles. The fraction of sp³-hybridized carbons (Fsp3) is 0.364. The highest BCUT2D eigenvalue weighted by molar-refractivity contribution is 5.91. The second kappa shape index (κ2) is 8.35. The molecule has 0 saturated carbocycles. The first-order valence-electron chi connectivity index (χ1n) is 10.3. The minimum absolute atomic E-state index is 0.0277. The molecule has 3 heterocycles. The van der Waals surface area contributed by atoms with Gasteiger partial charge in [-0.15, -0.1) is 0 Å². The number of hydrazone groups is 1. The van der Waals surface area contributed by atoms with Crippen molar-refractivity contribution in [3.63, 3.8) is 0 Å². The highest BCUT2D eigenvalue weighted by Gasteiger charge is 2.30. The normalized spacial score (nSPS) is 16.2. The molecule has 1 unspecified atom stereocenters. The predicted octanol–water partition coefficient (Wildman–Crippen LogP) is 1.75. The monoisotopic (exact) mass is 422 g/mol. The summed E-state index contributed by atoms with van der Waals surface area (Å²) in [5.41, 5.74) is 1.74. The molecule has 1 aromatic carbocycles. The van der Waals surface area contributed by atoms with Gasteiger partial charge in [0.2, 0.25) is 5.95 Å². The van der Waals surface area contributed by atoms with Crippen molar-refractivity contribution in [2.24, 2.45) is 12.1 Å². The van der Waals surface area contributed by atoms with Crippen LogP contribution in [0.1, 0.15) is 31.9 Å². The molecule has 1 aliphatic rings. The maximum Gasteiger partial charge on any atom is 0.332 e. The number of aromatic nitrogens is 4. The first-order valence-corrected chi connectivity index (χ1v) is 10.3. The maximum atomic E-state index is 13.4. The lowest BCUT2D eigenvalue weighted by molar-refractivity contribution is 0.289. The Morgan fingerprint density at radius 1 is 1.19 bits per heavy atom. The highest BCUT2D eigenvalue weighted by Crippen LogP contribution is 2.29. The molecular formula is C22H26N6O3. The molecule has 0 fully saturated rings. The van der Waals surface area contributed by atoms with Gasteiger partial charge < -0.3 is 5.11 Å². The molecule has 1 aliphatic heterocycles. The predicted molar refractivity (Wildman–Crippen MR) is 122 cm³/mol. The first kappa shape index (κ1) is 20.8. The summed E-state index contributed by atoms with van der Waals surface area (Å²) in [5.74, 6) is 0.506. The van der Waals surface area contributed by atoms with Crippen molar-refractivity contribution < 1.29 is 5.11 Å². The van der Waals surface area contributed by atoms with Crippen LogP contribution in [0.25, 0.3) is 17.2 Å². The van der Waals surface area contributed by atoms with E-state index >= 15 is 0 Å². The molecule has 0 amide bonds. The largest absolute Gasteiger partial charge is 0.396 e. The van der Waals surface area contributed by atoms with Crippen LogP contribution in [0.4, 0.5) is 5.95 Å². The fourth-order valence-electron chi connectivity index (χ4n) is 3.77. The Hall–Kier alpha value is -3.46. The molecule has 1 atom stereocenters. The number of hydrogen-bond donors (Lipinski definition) is 1. The van der Waals surface area contributed by atoms with Crippen LogP contribution in [0.3, 0.4) is 0 Å². The number of nitrogens with zero attached hydrogens (tertiary/aromatic N) is 6. The fourth-order valence-corrected chi connectivity index (χ4v) is 3.77. The second-order valence-electron chi connectivity index (χ2n) is 7.64. The molecular weight excluding hydrogens is 396 g/mol. The van der Waals surface area contributed by atoms with Gasteiger partial charge >= 0.3 is 5.69 Å². The third-order valence-corrected chi connectivity index (χ3v) is 5.58. The molecule has 9 heteroatoms. The number of benzene rings is 1. The van der Waals surface area contributed by atoms with Gasteiger partial charge in [0, 0.05) is 26.7 Å². The minimum Gasteiger partial charge on any atom is -0.396 e. The molecule has 0 aliphatic carbocycles. The van der Waals surface area contributed by atoms with Crippen LogP contribution in [0.2, 0.25) is 0 Å². The number of hydrogen-bond acceptors (Lipinski definition) is 6. The number of aryl methyl sites for hydroxylation is 1. The zero-order valence-electron chi connectivity index (χ0n) is 17.9. The van der Waals surface area contributed by atoms with E-state index in [9.17, 15) is 14.7 Å². The van der Waals surface area contributed by atoms with Crippen molar-refractivity contribution in [1.82, 2.24) is 18.7 Å². The molecule has 162 valence electrons. The Morgan fingerprint density at radius 3 is 2.65 bits per heavy atom. The summed E-state index contributed by atoms with van der Waals surface area (Å²) in [6.07, 6.45) is 4.21. The quantitative estimate of drug-likeness (QED) is 0.653. The summed E-state index contributed by atoms with van der Waals surface area (Å²) in [4.78, 5) is 30.9. The van der Waals surface area contributed by atoms with Crippen molar-refractivity contribution >= 4 is 28.9 Å². The second-order valence-corrected chi connectivity index (χ2v) is 7.64. The molecule has 0 spiro atoms. The molecule has 0 radical (unpaired) electrons. The third kappa shape index (κ3) is 3.61. The molecule has 2 aromatic heterocycles. The highest BCUT2D eigenvalue weighted by atomic mass is 16.3. The smallest absolute Gasteiger partial charge is 0.332 e. The van der Waals surface area contributed by atoms with Gasteiger partial charge in [0.15, 0.2) is 11.2 Å². The Kier molecular flexibility index (Phi) is 5.60. The molecule has 3 aromatic rings. The van der Waals surface area contributed by atoms with Crippen LogP contribution < -0.4 is 16.3 Å². The minimum atomic E-state index is -0.419. The molecule has 9 nitrogen and oxygen atoms in total. The van der Waals surface area contributed by atoms with Gasteiger partial charge in [0.25, 0.3) is 5.56 Å². The molecule has 1 N–H and O–H groups in total. The average Bonchev–Trinajstić information content (AvgIpc) is 3.18. The van der Waals surface area contributed by atoms with Gasteiger partial charge in [0.1, 0.15) is 0 Å². The summed E-state index contributed by atoms with van der Waals surface area (Å²) in [6, 6.07) is 9.54. The number of fused-ring (bicyclic) bond motifs is 3. The van der Waals surface area contributed by atoms with Gasteiger partial charge in [-0.25, -0.2) is 9.80 Å². The molecule has 31 heavy (non-hydrogen) atoms. The van der Waals surface area contributed by atoms with Crippen molar-refractivity contribution in [2.75, 3.05) is 18.2 Å². The zero-order valence-corrected chi connectivity index (χ0v) is 17.9. The Labute approximate surface area is 179 Å². The number of allylic oxidation sites excluding steroid dienone is 1. The van der Waals surface area contributed by atoms with Crippen molar-refractivity contribution in [1.29, 1.82) is 0 Å². The van der Waals surface area contributed by atoms with E-state index in [2.05, 4.69) is 10.1 Å². The summed E-state index contributed by atoms with van der Waals surface area (Å²) in [7, 11) is 1.62. The van der Waals surface area contributed by atoms with E-state index in [-0.39, 0.29) is 24.8 Å². The SMILES string of the molecule is CC1=NN(CCCO)c2nc3c(c(=O)n(C/C=C/c4ccccc4)c(=O)n3C)n2C1C. The number of anilines is 1. The molecule has 0 bridgehead atoms. The lowest BCUT2D eigenvalue weighted by atomic mass is 10.2. The Bertz CT molecular complexity index is 1280. The van der Waals surface area contributed by atoms with Crippen molar-refractivity contribution in [3.05, 3.63) is 62.8 Å². The number of aliphatic hydroxyl groups excluding tert-OH is 1.